The summed E-state index contributed by atoms with van der Waals surface area (Å²) < 4.78 is 0. The molecule has 21 heavy (non-hydrogen) atoms. The van der Waals surface area contributed by atoms with Crippen molar-refractivity contribution in [2.75, 3.05) is 0 Å². The van der Waals surface area contributed by atoms with Crippen LogP contribution in [0.3, 0.4) is 0 Å². The average Bonchev–Trinajstić information content (AvgIpc) is 2.33. The molecule has 3 atom stereocenters. The minimum atomic E-state index is 0.439. The van der Waals surface area contributed by atoms with Crippen LogP contribution in [0.15, 0.2) is 0 Å². The molecule has 4 aliphatic rings. The maximum Gasteiger partial charge on any atom is 0.0224 e. The van der Waals surface area contributed by atoms with Crippen molar-refractivity contribution in [1.82, 2.24) is 5.43 Å². The van der Waals surface area contributed by atoms with Gasteiger partial charge in [-0.25, -0.2) is 0 Å². The molecule has 3 unspecified atom stereocenters. The van der Waals surface area contributed by atoms with Crippen molar-refractivity contribution in [3.63, 3.8) is 0 Å². The van der Waals surface area contributed by atoms with E-state index in [9.17, 15) is 0 Å². The van der Waals surface area contributed by atoms with Gasteiger partial charge in [-0.1, -0.05) is 13.8 Å². The molecule has 4 saturated carbocycles. The van der Waals surface area contributed by atoms with Crippen molar-refractivity contribution < 1.29 is 0 Å². The van der Waals surface area contributed by atoms with Crippen molar-refractivity contribution in [3.05, 3.63) is 0 Å². The second-order valence-corrected chi connectivity index (χ2v) is 9.16. The fraction of sp³-hybridized carbons (Fsp3) is 0.895. The lowest BCUT2D eigenvalue weighted by Crippen LogP contribution is -2.56. The summed E-state index contributed by atoms with van der Waals surface area (Å²) in [6, 6.07) is 0.439. The predicted molar refractivity (Wildman–Crippen MR) is 88.3 cm³/mol. The van der Waals surface area contributed by atoms with Gasteiger partial charge in [0.05, 0.1) is 0 Å². The van der Waals surface area contributed by atoms with Gasteiger partial charge < -0.3 is 0 Å². The Hall–Kier alpha value is -0.520. The molecular formula is C19H32N2. The fourth-order valence-corrected chi connectivity index (χ4v) is 7.05. The highest BCUT2D eigenvalue weighted by Crippen LogP contribution is 2.70. The Balaban J connectivity index is 1.72. The topological polar surface area (TPSA) is 38.0 Å². The van der Waals surface area contributed by atoms with Gasteiger partial charge in [0.2, 0.25) is 0 Å². The van der Waals surface area contributed by atoms with Crippen LogP contribution in [-0.4, -0.2) is 6.04 Å². The number of rotatable bonds is 5. The fourth-order valence-electron chi connectivity index (χ4n) is 7.05. The molecule has 3 N–H and O–H groups in total. The molecule has 0 amide bonds. The first-order valence-electron chi connectivity index (χ1n) is 8.76. The Labute approximate surface area is 130 Å². The standard InChI is InChI=1S/C19H32N2/c1-4-5-6-7-16(21-20)11-19-10-15-8-17(2,13-19)12-18(3,9-15)14-19/h15-16,21H,6-14,20H2,1-3H3. The van der Waals surface area contributed by atoms with Gasteiger partial charge in [-0.15, -0.1) is 11.8 Å². The maximum atomic E-state index is 5.85. The summed E-state index contributed by atoms with van der Waals surface area (Å²) in [6.07, 6.45) is 12.1. The zero-order chi connectivity index (χ0) is 15.1. The molecule has 4 aliphatic carbocycles. The molecule has 4 rings (SSSR count). The Bertz CT molecular complexity index is 440. The lowest BCUT2D eigenvalue weighted by atomic mass is 9.39. The minimum Gasteiger partial charge on any atom is -0.271 e. The van der Waals surface area contributed by atoms with Crippen LogP contribution < -0.4 is 11.3 Å². The van der Waals surface area contributed by atoms with Crippen LogP contribution in [0.4, 0.5) is 0 Å². The third kappa shape index (κ3) is 3.01. The van der Waals surface area contributed by atoms with Gasteiger partial charge in [0.25, 0.3) is 0 Å². The van der Waals surface area contributed by atoms with E-state index >= 15 is 0 Å². The van der Waals surface area contributed by atoms with Crippen LogP contribution in [0.1, 0.15) is 78.6 Å². The molecule has 2 heteroatoms. The number of hydrogen-bond donors (Lipinski definition) is 2. The van der Waals surface area contributed by atoms with Crippen LogP contribution >= 0.6 is 0 Å². The summed E-state index contributed by atoms with van der Waals surface area (Å²) in [4.78, 5) is 0. The van der Waals surface area contributed by atoms with Crippen molar-refractivity contribution in [2.24, 2.45) is 28.0 Å². The molecule has 0 aliphatic heterocycles. The molecular weight excluding hydrogens is 256 g/mol. The van der Waals surface area contributed by atoms with Gasteiger partial charge in [-0.2, -0.15) is 0 Å². The first kappa shape index (κ1) is 15.4. The average molecular weight is 288 g/mol. The monoisotopic (exact) mass is 288 g/mol. The van der Waals surface area contributed by atoms with Crippen molar-refractivity contribution in [3.8, 4) is 11.8 Å². The third-order valence-electron chi connectivity index (χ3n) is 6.45. The van der Waals surface area contributed by atoms with Gasteiger partial charge in [0.15, 0.2) is 0 Å². The highest BCUT2D eigenvalue weighted by Gasteiger charge is 2.59. The Morgan fingerprint density at radius 3 is 2.33 bits per heavy atom. The van der Waals surface area contributed by atoms with Gasteiger partial charge in [0, 0.05) is 12.5 Å². The molecule has 0 heterocycles. The zero-order valence-corrected chi connectivity index (χ0v) is 14.1. The van der Waals surface area contributed by atoms with Gasteiger partial charge >= 0.3 is 0 Å². The first-order valence-corrected chi connectivity index (χ1v) is 8.76. The lowest BCUT2D eigenvalue weighted by Gasteiger charge is -2.66. The third-order valence-corrected chi connectivity index (χ3v) is 6.45. The summed E-state index contributed by atoms with van der Waals surface area (Å²) in [5.41, 5.74) is 4.86. The molecule has 0 aromatic rings. The first-order chi connectivity index (χ1) is 9.90. The highest BCUT2D eigenvalue weighted by atomic mass is 15.2. The molecule has 0 aromatic carbocycles. The number of nitrogens with two attached hydrogens (primary N) is 1. The van der Waals surface area contributed by atoms with E-state index in [1.165, 1.54) is 44.9 Å². The maximum absolute atomic E-state index is 5.85. The van der Waals surface area contributed by atoms with Crippen LogP contribution in [0.25, 0.3) is 0 Å². The van der Waals surface area contributed by atoms with E-state index in [1.807, 2.05) is 6.92 Å². The number of hydrogen-bond acceptors (Lipinski definition) is 2. The van der Waals surface area contributed by atoms with Crippen LogP contribution in [0.2, 0.25) is 0 Å². The van der Waals surface area contributed by atoms with E-state index in [0.717, 1.165) is 18.8 Å². The van der Waals surface area contributed by atoms with E-state index < -0.39 is 0 Å². The molecule has 4 bridgehead atoms. The van der Waals surface area contributed by atoms with E-state index in [0.29, 0.717) is 22.3 Å². The SMILES string of the molecule is CC#CCCC(CC12CC3CC(C)(CC(C)(C3)C1)C2)NN. The Kier molecular flexibility index (Phi) is 3.87. The smallest absolute Gasteiger partial charge is 0.0224 e. The molecule has 4 fully saturated rings. The second kappa shape index (κ2) is 5.28. The lowest BCUT2D eigenvalue weighted by molar-refractivity contribution is -0.150. The number of hydrazine groups is 1. The normalized spacial score (nSPS) is 45.2. The van der Waals surface area contributed by atoms with Crippen molar-refractivity contribution in [1.29, 1.82) is 0 Å². The summed E-state index contributed by atoms with van der Waals surface area (Å²) in [6.45, 7) is 7.03. The predicted octanol–water partition coefficient (Wildman–Crippen LogP) is 4.01. The quantitative estimate of drug-likeness (QED) is 0.456. The van der Waals surface area contributed by atoms with Gasteiger partial charge in [-0.05, 0) is 80.5 Å². The Morgan fingerprint density at radius 2 is 1.81 bits per heavy atom. The molecule has 2 nitrogen and oxygen atoms in total. The van der Waals surface area contributed by atoms with E-state index in [4.69, 9.17) is 5.84 Å². The summed E-state index contributed by atoms with van der Waals surface area (Å²) >= 11 is 0. The highest BCUT2D eigenvalue weighted by molar-refractivity contribution is 5.11. The van der Waals surface area contributed by atoms with E-state index in [-0.39, 0.29) is 0 Å². The van der Waals surface area contributed by atoms with E-state index in [1.54, 1.807) is 0 Å². The zero-order valence-electron chi connectivity index (χ0n) is 14.1. The van der Waals surface area contributed by atoms with Crippen LogP contribution in [-0.2, 0) is 0 Å². The van der Waals surface area contributed by atoms with Gasteiger partial charge in [-0.3, -0.25) is 11.3 Å². The van der Waals surface area contributed by atoms with Crippen molar-refractivity contribution in [2.45, 2.75) is 84.6 Å². The Morgan fingerprint density at radius 1 is 1.14 bits per heavy atom. The largest absolute Gasteiger partial charge is 0.271 e. The molecule has 0 saturated heterocycles. The summed E-state index contributed by atoms with van der Waals surface area (Å²) in [5, 5.41) is 0. The van der Waals surface area contributed by atoms with Crippen molar-refractivity contribution >= 4 is 0 Å². The molecule has 118 valence electrons. The molecule has 0 radical (unpaired) electrons. The van der Waals surface area contributed by atoms with E-state index in [2.05, 4.69) is 31.1 Å². The summed E-state index contributed by atoms with van der Waals surface area (Å²) in [7, 11) is 0. The van der Waals surface area contributed by atoms with Crippen LogP contribution in [0.5, 0.6) is 0 Å². The number of nitrogens with one attached hydrogen (secondary N) is 1. The van der Waals surface area contributed by atoms with Crippen LogP contribution in [0, 0.1) is 34.0 Å². The molecule has 0 spiro atoms. The second-order valence-electron chi connectivity index (χ2n) is 9.16. The van der Waals surface area contributed by atoms with Gasteiger partial charge in [0.1, 0.15) is 0 Å². The molecule has 0 aromatic heterocycles. The summed E-state index contributed by atoms with van der Waals surface area (Å²) in [5.74, 6) is 13.0. The minimum absolute atomic E-state index is 0.439.